The molecule has 0 aromatic heterocycles. The molecule has 0 atom stereocenters. The predicted octanol–water partition coefficient (Wildman–Crippen LogP) is -2.46. The highest BCUT2D eigenvalue weighted by Gasteiger charge is 2.12. The first-order valence-corrected chi connectivity index (χ1v) is 4.50. The van der Waals surface area contributed by atoms with Crippen LogP contribution >= 0.6 is 0 Å². The first kappa shape index (κ1) is 11.8. The van der Waals surface area contributed by atoms with Crippen molar-refractivity contribution in [3.05, 3.63) is 23.8 Å². The standard InChI is InChI=1S/C8H8N2O2.C2H4O2/c9-10-4-6-1-2-7-8(3-6)12-5-11-7;1-2(3)4/h1-4H,5,9H2;1H3,(H,3,4)/b10-4+;. The van der Waals surface area contributed by atoms with Crippen LogP contribution in [0.4, 0.5) is 0 Å². The third-order valence-corrected chi connectivity index (χ3v) is 1.65. The number of nitrogens with one attached hydrogen (secondary N) is 1. The van der Waals surface area contributed by atoms with Crippen LogP contribution in [0.15, 0.2) is 18.2 Å². The van der Waals surface area contributed by atoms with Gasteiger partial charge < -0.3 is 19.4 Å². The molecule has 0 saturated heterocycles. The zero-order valence-corrected chi connectivity index (χ0v) is 8.73. The summed E-state index contributed by atoms with van der Waals surface area (Å²) >= 11 is 0. The Hall–Kier alpha value is -2.24. The first-order valence-electron chi connectivity index (χ1n) is 4.50. The topological polar surface area (TPSA) is 98.6 Å². The number of hydrazine groups is 1. The van der Waals surface area contributed by atoms with Crippen LogP contribution in [0.2, 0.25) is 0 Å². The van der Waals surface area contributed by atoms with Gasteiger partial charge in [-0.05, 0) is 25.1 Å². The molecular formula is C10H12N2O4. The fourth-order valence-electron chi connectivity index (χ4n) is 1.10. The molecule has 3 N–H and O–H groups in total. The molecule has 0 spiro atoms. The average molecular weight is 224 g/mol. The maximum Gasteiger partial charge on any atom is 0.231 e. The second kappa shape index (κ2) is 5.59. The lowest BCUT2D eigenvalue weighted by Crippen LogP contribution is -2.76. The van der Waals surface area contributed by atoms with Gasteiger partial charge in [-0.1, -0.05) is 0 Å². The molecule has 6 heteroatoms. The van der Waals surface area contributed by atoms with Crippen molar-refractivity contribution >= 4 is 12.2 Å². The Labute approximate surface area is 92.3 Å². The van der Waals surface area contributed by atoms with Gasteiger partial charge in [0, 0.05) is 11.5 Å². The molecule has 1 heterocycles. The van der Waals surface area contributed by atoms with E-state index in [1.807, 2.05) is 18.2 Å². The molecule has 0 saturated carbocycles. The van der Waals surface area contributed by atoms with Gasteiger partial charge in [0.25, 0.3) is 0 Å². The van der Waals surface area contributed by atoms with Gasteiger partial charge in [0.05, 0.1) is 0 Å². The van der Waals surface area contributed by atoms with E-state index in [0.29, 0.717) is 6.79 Å². The molecule has 16 heavy (non-hydrogen) atoms. The van der Waals surface area contributed by atoms with Gasteiger partial charge >= 0.3 is 0 Å². The fraction of sp³-hybridized carbons (Fsp3) is 0.200. The highest BCUT2D eigenvalue weighted by molar-refractivity contribution is 5.76. The number of hydrogen-bond donors (Lipinski definition) is 2. The van der Waals surface area contributed by atoms with E-state index in [9.17, 15) is 0 Å². The highest BCUT2D eigenvalue weighted by atomic mass is 16.7. The molecule has 6 nitrogen and oxygen atoms in total. The number of ether oxygens (including phenoxy) is 2. The average Bonchev–Trinajstić information content (AvgIpc) is 2.64. The Morgan fingerprint density at radius 3 is 2.75 bits per heavy atom. The van der Waals surface area contributed by atoms with Crippen molar-refractivity contribution in [2.45, 2.75) is 6.92 Å². The molecule has 1 aliphatic heterocycles. The van der Waals surface area contributed by atoms with Crippen LogP contribution in [0.3, 0.4) is 0 Å². The molecule has 0 amide bonds. The molecular weight excluding hydrogens is 212 g/mol. The number of carbonyl (C=O) groups excluding carboxylic acids is 1. The summed E-state index contributed by atoms with van der Waals surface area (Å²) in [4.78, 5) is 8.89. The third kappa shape index (κ3) is 3.49. The van der Waals surface area contributed by atoms with Gasteiger partial charge in [-0.25, -0.2) is 5.84 Å². The number of carbonyl (C=O) groups is 1. The van der Waals surface area contributed by atoms with E-state index in [4.69, 9.17) is 25.2 Å². The number of fused-ring (bicyclic) bond motifs is 1. The minimum Gasteiger partial charge on any atom is -0.550 e. The van der Waals surface area contributed by atoms with E-state index in [0.717, 1.165) is 24.0 Å². The molecule has 0 radical (unpaired) electrons. The van der Waals surface area contributed by atoms with Crippen molar-refractivity contribution in [2.75, 3.05) is 6.79 Å². The van der Waals surface area contributed by atoms with Crippen LogP contribution in [0.5, 0.6) is 11.5 Å². The van der Waals surface area contributed by atoms with E-state index in [1.54, 1.807) is 6.21 Å². The van der Waals surface area contributed by atoms with Crippen molar-refractivity contribution in [3.63, 3.8) is 0 Å². The molecule has 0 aliphatic carbocycles. The number of benzene rings is 1. The summed E-state index contributed by atoms with van der Waals surface area (Å²) in [5.74, 6) is 5.59. The number of carboxylic acids is 1. The first-order chi connectivity index (χ1) is 7.63. The van der Waals surface area contributed by atoms with E-state index in [-0.39, 0.29) is 0 Å². The van der Waals surface area contributed by atoms with Crippen molar-refractivity contribution < 1.29 is 24.5 Å². The third-order valence-electron chi connectivity index (χ3n) is 1.65. The largest absolute Gasteiger partial charge is 0.550 e. The van der Waals surface area contributed by atoms with E-state index < -0.39 is 5.97 Å². The number of hydrogen-bond acceptors (Lipinski definition) is 5. The zero-order chi connectivity index (χ0) is 12.0. The van der Waals surface area contributed by atoms with Crippen LogP contribution < -0.4 is 25.5 Å². The number of nitrogens with two attached hydrogens (primary N) is 1. The minimum absolute atomic E-state index is 0.300. The molecule has 0 bridgehead atoms. The van der Waals surface area contributed by atoms with Gasteiger partial charge in [-0.3, -0.25) is 0 Å². The molecule has 2 rings (SSSR count). The maximum absolute atomic E-state index is 8.89. The molecule has 0 fully saturated rings. The van der Waals surface area contributed by atoms with Crippen molar-refractivity contribution in [2.24, 2.45) is 5.84 Å². The van der Waals surface area contributed by atoms with E-state index >= 15 is 0 Å². The second-order valence-corrected chi connectivity index (χ2v) is 2.92. The van der Waals surface area contributed by atoms with Gasteiger partial charge in [0.2, 0.25) is 6.79 Å². The van der Waals surface area contributed by atoms with Crippen molar-refractivity contribution in [1.29, 1.82) is 0 Å². The fourth-order valence-corrected chi connectivity index (χ4v) is 1.10. The lowest BCUT2D eigenvalue weighted by Gasteiger charge is -1.93. The van der Waals surface area contributed by atoms with E-state index in [2.05, 4.69) is 5.10 Å². The molecule has 1 aliphatic rings. The maximum atomic E-state index is 8.89. The number of carboxylic acid groups (broad SMARTS) is 1. The number of hydrazone groups is 1. The van der Waals surface area contributed by atoms with Gasteiger partial charge in [-0.2, -0.15) is 0 Å². The molecule has 1 aromatic carbocycles. The summed E-state index contributed by atoms with van der Waals surface area (Å²) in [6.45, 7) is 1.27. The summed E-state index contributed by atoms with van der Waals surface area (Å²) in [6, 6.07) is 5.61. The SMILES string of the molecule is CC(=O)[O-].N/[NH+]=C/c1ccc2c(c1)OCO2. The number of rotatable bonds is 1. The molecule has 0 unspecified atom stereocenters. The summed E-state index contributed by atoms with van der Waals surface area (Å²) in [6.07, 6.45) is 1.68. The van der Waals surface area contributed by atoms with Crippen LogP contribution in [0.1, 0.15) is 12.5 Å². The Morgan fingerprint density at radius 1 is 1.50 bits per heavy atom. The van der Waals surface area contributed by atoms with Crippen LogP contribution in [0.25, 0.3) is 0 Å². The van der Waals surface area contributed by atoms with Gasteiger partial charge in [0.15, 0.2) is 17.7 Å². The molecule has 1 aromatic rings. The number of aliphatic carboxylic acids is 1. The minimum atomic E-state index is -1.08. The van der Waals surface area contributed by atoms with E-state index in [1.165, 1.54) is 0 Å². The Morgan fingerprint density at radius 2 is 2.12 bits per heavy atom. The Balaban J connectivity index is 0.000000280. The Kier molecular flexibility index (Phi) is 4.14. The van der Waals surface area contributed by atoms with Gasteiger partial charge in [0.1, 0.15) is 0 Å². The van der Waals surface area contributed by atoms with Crippen LogP contribution in [-0.2, 0) is 4.79 Å². The highest BCUT2D eigenvalue weighted by Crippen LogP contribution is 2.31. The zero-order valence-electron chi connectivity index (χ0n) is 8.73. The van der Waals surface area contributed by atoms with Gasteiger partial charge in [-0.15, -0.1) is 5.10 Å². The smallest absolute Gasteiger partial charge is 0.231 e. The summed E-state index contributed by atoms with van der Waals surface area (Å²) in [7, 11) is 0. The van der Waals surface area contributed by atoms with Crippen LogP contribution in [0, 0.1) is 0 Å². The van der Waals surface area contributed by atoms with Crippen LogP contribution in [-0.4, -0.2) is 19.0 Å². The Bertz CT molecular complexity index is 400. The second-order valence-electron chi connectivity index (χ2n) is 2.92. The quantitative estimate of drug-likeness (QED) is 0.313. The normalized spacial score (nSPS) is 12.1. The summed E-state index contributed by atoms with van der Waals surface area (Å²) in [5, 5.41) is 11.3. The monoisotopic (exact) mass is 224 g/mol. The lowest BCUT2D eigenvalue weighted by atomic mass is 10.2. The summed E-state index contributed by atoms with van der Waals surface area (Å²) < 4.78 is 10.3. The molecule has 86 valence electrons. The van der Waals surface area contributed by atoms with Crippen molar-refractivity contribution in [3.8, 4) is 11.5 Å². The van der Waals surface area contributed by atoms with Crippen molar-refractivity contribution in [1.82, 2.24) is 0 Å². The predicted molar refractivity (Wildman–Crippen MR) is 53.6 cm³/mol. The lowest BCUT2D eigenvalue weighted by molar-refractivity contribution is -0.463. The summed E-state index contributed by atoms with van der Waals surface area (Å²) in [5.41, 5.74) is 0.960.